The molecule has 0 bridgehead atoms. The predicted molar refractivity (Wildman–Crippen MR) is 114 cm³/mol. The van der Waals surface area contributed by atoms with Crippen molar-refractivity contribution in [3.8, 4) is 6.07 Å². The number of benzene rings is 1. The molecule has 1 amide bonds. The summed E-state index contributed by atoms with van der Waals surface area (Å²) >= 11 is 5.24. The molecule has 9 heteroatoms. The van der Waals surface area contributed by atoms with Gasteiger partial charge in [-0.1, -0.05) is 26.1 Å². The van der Waals surface area contributed by atoms with Crippen LogP contribution in [0.15, 0.2) is 18.2 Å². The zero-order valence-electron chi connectivity index (χ0n) is 16.7. The number of nitrogens with one attached hydrogen (secondary N) is 1. The molecule has 2 saturated heterocycles. The molecule has 2 fully saturated rings. The van der Waals surface area contributed by atoms with Crippen molar-refractivity contribution in [2.75, 3.05) is 55.6 Å². The number of ether oxygens (including phenoxy) is 1. The molecule has 2 heterocycles. The zero-order valence-corrected chi connectivity index (χ0v) is 17.5. The molecule has 0 aromatic heterocycles. The average Bonchev–Trinajstić information content (AvgIpc) is 3.07. The van der Waals surface area contributed by atoms with Crippen molar-refractivity contribution in [2.45, 2.75) is 20.0 Å². The molecule has 1 aromatic carbocycles. The molecular weight excluding hydrogens is 393 g/mol. The highest BCUT2D eigenvalue weighted by atomic mass is 32.1. The van der Waals surface area contributed by atoms with Crippen LogP contribution in [0.2, 0.25) is 0 Å². The Morgan fingerprint density at radius 2 is 2.10 bits per heavy atom. The monoisotopic (exact) mass is 419 g/mol. The number of cyclic esters (lactones) is 1. The van der Waals surface area contributed by atoms with Gasteiger partial charge >= 0.3 is 6.09 Å². The second-order valence-electron chi connectivity index (χ2n) is 7.57. The number of amides is 1. The van der Waals surface area contributed by atoms with Crippen LogP contribution >= 0.6 is 12.2 Å². The van der Waals surface area contributed by atoms with Gasteiger partial charge in [-0.2, -0.15) is 5.26 Å². The number of rotatable bonds is 6. The third-order valence-electron chi connectivity index (χ3n) is 5.15. The molecule has 0 saturated carbocycles. The summed E-state index contributed by atoms with van der Waals surface area (Å²) in [5, 5.41) is 11.9. The molecule has 7 nitrogen and oxygen atoms in total. The lowest BCUT2D eigenvalue weighted by molar-refractivity contribution is 0.143. The minimum Gasteiger partial charge on any atom is -0.442 e. The fourth-order valence-corrected chi connectivity index (χ4v) is 3.51. The summed E-state index contributed by atoms with van der Waals surface area (Å²) in [6.07, 6.45) is -0.820. The van der Waals surface area contributed by atoms with Crippen molar-refractivity contribution in [2.24, 2.45) is 5.92 Å². The van der Waals surface area contributed by atoms with Crippen LogP contribution in [-0.4, -0.2) is 67.9 Å². The van der Waals surface area contributed by atoms with Gasteiger partial charge in [-0.25, -0.2) is 9.18 Å². The fourth-order valence-electron chi connectivity index (χ4n) is 3.42. The van der Waals surface area contributed by atoms with E-state index in [9.17, 15) is 9.18 Å². The highest BCUT2D eigenvalue weighted by Gasteiger charge is 2.33. The topological polar surface area (TPSA) is 71.8 Å². The largest absolute Gasteiger partial charge is 0.442 e. The van der Waals surface area contributed by atoms with E-state index in [1.165, 1.54) is 11.0 Å². The Morgan fingerprint density at radius 3 is 2.72 bits per heavy atom. The van der Waals surface area contributed by atoms with Gasteiger partial charge in [-0.05, 0) is 18.2 Å². The van der Waals surface area contributed by atoms with Crippen molar-refractivity contribution < 1.29 is 13.9 Å². The molecule has 0 aliphatic carbocycles. The number of nitriles is 1. The molecule has 1 N–H and O–H groups in total. The number of thiocarbonyl (C=S) groups is 1. The Hall–Kier alpha value is -2.44. The first-order valence-electron chi connectivity index (χ1n) is 9.78. The minimum atomic E-state index is -0.482. The van der Waals surface area contributed by atoms with Gasteiger partial charge in [0.2, 0.25) is 0 Å². The van der Waals surface area contributed by atoms with Crippen LogP contribution in [0.1, 0.15) is 13.8 Å². The fraction of sp³-hybridized carbons (Fsp3) is 0.550. The van der Waals surface area contributed by atoms with E-state index in [1.54, 1.807) is 12.1 Å². The SMILES string of the molecule is CC(C)C(=S)NC[C@H]1CN(c2ccc(N3CCN(CC#N)CC3)c(F)c2)C(=O)O1. The Morgan fingerprint density at radius 1 is 1.38 bits per heavy atom. The molecule has 156 valence electrons. The van der Waals surface area contributed by atoms with E-state index in [1.807, 2.05) is 23.6 Å². The molecule has 3 rings (SSSR count). The van der Waals surface area contributed by atoms with Crippen molar-refractivity contribution in [3.05, 3.63) is 24.0 Å². The summed E-state index contributed by atoms with van der Waals surface area (Å²) in [4.78, 5) is 18.4. The molecule has 1 atom stereocenters. The standard InChI is InChI=1S/C20H26FN5O2S/c1-14(2)19(29)23-12-16-13-26(20(27)28-16)15-3-4-18(17(21)11-15)25-9-7-24(6-5-22)8-10-25/h3-4,11,14,16H,6-10,12-13H2,1-2H3,(H,23,29)/t16-/m0/s1. The summed E-state index contributed by atoms with van der Waals surface area (Å²) in [7, 11) is 0. The lowest BCUT2D eigenvalue weighted by Gasteiger charge is -2.35. The highest BCUT2D eigenvalue weighted by Crippen LogP contribution is 2.28. The Balaban J connectivity index is 1.61. The molecule has 0 unspecified atom stereocenters. The van der Waals surface area contributed by atoms with E-state index in [2.05, 4.69) is 11.4 Å². The van der Waals surface area contributed by atoms with Crippen molar-refractivity contribution >= 4 is 34.7 Å². The minimum absolute atomic E-state index is 0.224. The highest BCUT2D eigenvalue weighted by molar-refractivity contribution is 7.80. The normalized spacial score (nSPS) is 20.0. The van der Waals surface area contributed by atoms with Gasteiger partial charge in [0.15, 0.2) is 0 Å². The van der Waals surface area contributed by atoms with E-state index < -0.39 is 6.09 Å². The molecule has 2 aliphatic rings. The van der Waals surface area contributed by atoms with E-state index in [0.29, 0.717) is 44.1 Å². The van der Waals surface area contributed by atoms with Crippen LogP contribution in [0.3, 0.4) is 0 Å². The van der Waals surface area contributed by atoms with Gasteiger partial charge in [0, 0.05) is 32.1 Å². The molecule has 0 spiro atoms. The third-order valence-corrected chi connectivity index (χ3v) is 5.77. The number of halogens is 1. The van der Waals surface area contributed by atoms with E-state index in [0.717, 1.165) is 18.1 Å². The van der Waals surface area contributed by atoms with Gasteiger partial charge in [-0.15, -0.1) is 0 Å². The van der Waals surface area contributed by atoms with Gasteiger partial charge in [0.25, 0.3) is 0 Å². The summed E-state index contributed by atoms with van der Waals surface area (Å²) in [6.45, 7) is 7.93. The lowest BCUT2D eigenvalue weighted by Crippen LogP contribution is -2.46. The van der Waals surface area contributed by atoms with Gasteiger partial charge in [-0.3, -0.25) is 9.80 Å². The number of carbonyl (C=O) groups excluding carboxylic acids is 1. The number of hydrogen-bond donors (Lipinski definition) is 1. The summed E-state index contributed by atoms with van der Waals surface area (Å²) in [5.74, 6) is -0.145. The number of carbonyl (C=O) groups is 1. The maximum Gasteiger partial charge on any atom is 0.414 e. The summed E-state index contributed by atoms with van der Waals surface area (Å²) < 4.78 is 20.2. The van der Waals surface area contributed by atoms with E-state index >= 15 is 0 Å². The maximum absolute atomic E-state index is 14.8. The van der Waals surface area contributed by atoms with Crippen LogP contribution in [0, 0.1) is 23.1 Å². The molecule has 0 radical (unpaired) electrons. The maximum atomic E-state index is 14.8. The molecule has 2 aliphatic heterocycles. The van der Waals surface area contributed by atoms with Crippen LogP contribution in [0.25, 0.3) is 0 Å². The molecular formula is C20H26FN5O2S. The second kappa shape index (κ2) is 9.37. The van der Waals surface area contributed by atoms with Crippen LogP contribution in [0.4, 0.5) is 20.6 Å². The molecule has 29 heavy (non-hydrogen) atoms. The average molecular weight is 420 g/mol. The predicted octanol–water partition coefficient (Wildman–Crippen LogP) is 2.37. The first-order chi connectivity index (χ1) is 13.9. The van der Waals surface area contributed by atoms with Crippen molar-refractivity contribution in [1.29, 1.82) is 5.26 Å². The van der Waals surface area contributed by atoms with E-state index in [-0.39, 0.29) is 17.8 Å². The quantitative estimate of drug-likeness (QED) is 0.561. The number of anilines is 2. The first-order valence-corrected chi connectivity index (χ1v) is 10.2. The van der Waals surface area contributed by atoms with Crippen LogP contribution in [-0.2, 0) is 4.74 Å². The van der Waals surface area contributed by atoms with Gasteiger partial charge in [0.05, 0.1) is 42.1 Å². The molecule has 1 aromatic rings. The van der Waals surface area contributed by atoms with Crippen LogP contribution in [0.5, 0.6) is 0 Å². The number of nitrogens with zero attached hydrogens (tertiary/aromatic N) is 4. The van der Waals surface area contributed by atoms with Crippen molar-refractivity contribution in [3.63, 3.8) is 0 Å². The first kappa shape index (κ1) is 21.3. The van der Waals surface area contributed by atoms with Gasteiger partial charge < -0.3 is 15.0 Å². The van der Waals surface area contributed by atoms with Crippen LogP contribution < -0.4 is 15.1 Å². The second-order valence-corrected chi connectivity index (χ2v) is 8.01. The summed E-state index contributed by atoms with van der Waals surface area (Å²) in [5.41, 5.74) is 0.992. The van der Waals surface area contributed by atoms with E-state index in [4.69, 9.17) is 22.2 Å². The number of hydrogen-bond acceptors (Lipinski definition) is 6. The number of piperazine rings is 1. The van der Waals surface area contributed by atoms with Crippen molar-refractivity contribution in [1.82, 2.24) is 10.2 Å². The van der Waals surface area contributed by atoms with Gasteiger partial charge in [0.1, 0.15) is 11.9 Å². The zero-order chi connectivity index (χ0) is 21.0. The Labute approximate surface area is 176 Å². The Bertz CT molecular complexity index is 805. The summed E-state index contributed by atoms with van der Waals surface area (Å²) in [6, 6.07) is 6.98. The lowest BCUT2D eigenvalue weighted by atomic mass is 10.2. The Kier molecular flexibility index (Phi) is 6.87. The smallest absolute Gasteiger partial charge is 0.414 e. The third kappa shape index (κ3) is 5.14.